The van der Waals surface area contributed by atoms with Crippen LogP contribution in [0.2, 0.25) is 0 Å². The van der Waals surface area contributed by atoms with Gasteiger partial charge in [0.15, 0.2) is 0 Å². The third kappa shape index (κ3) is 3.09. The van der Waals surface area contributed by atoms with E-state index in [9.17, 15) is 0 Å². The molecule has 0 bridgehead atoms. The summed E-state index contributed by atoms with van der Waals surface area (Å²) in [6, 6.07) is 2.02. The molecule has 0 aliphatic carbocycles. The van der Waals surface area contributed by atoms with E-state index in [1.165, 1.54) is 0 Å². The highest BCUT2D eigenvalue weighted by atomic mass is 16.5. The molecule has 2 rings (SSSR count). The van der Waals surface area contributed by atoms with Crippen molar-refractivity contribution in [2.24, 2.45) is 7.05 Å². The highest BCUT2D eigenvalue weighted by molar-refractivity contribution is 4.98. The van der Waals surface area contributed by atoms with Crippen LogP contribution in [0.5, 0.6) is 0 Å². The first-order valence-electron chi connectivity index (χ1n) is 5.34. The van der Waals surface area contributed by atoms with Gasteiger partial charge in [0.25, 0.3) is 0 Å². The van der Waals surface area contributed by atoms with Crippen molar-refractivity contribution < 1.29 is 4.74 Å². The van der Waals surface area contributed by atoms with E-state index >= 15 is 0 Å². The van der Waals surface area contributed by atoms with E-state index in [4.69, 9.17) is 4.74 Å². The predicted octanol–water partition coefficient (Wildman–Crippen LogP) is 1.20. The Hall–Kier alpha value is -1.29. The first-order chi connectivity index (χ1) is 7.34. The van der Waals surface area contributed by atoms with E-state index in [1.54, 1.807) is 6.26 Å². The highest BCUT2D eigenvalue weighted by Gasteiger charge is 2.09. The lowest BCUT2D eigenvalue weighted by molar-refractivity contribution is 0.122. The molecule has 0 radical (unpaired) electrons. The van der Waals surface area contributed by atoms with Crippen LogP contribution in [0, 0.1) is 0 Å². The zero-order valence-electron chi connectivity index (χ0n) is 9.02. The van der Waals surface area contributed by atoms with E-state index in [2.05, 4.69) is 16.5 Å². The standard InChI is InChI=1S/C11H17N3O/c1-14-6-5-10(13-14)8-12-9-11-4-2-3-7-15-11/h3,5-7,11-12H,2,4,8-9H2,1H3. The number of rotatable bonds is 4. The Balaban J connectivity index is 1.68. The van der Waals surface area contributed by atoms with Crippen LogP contribution < -0.4 is 5.32 Å². The average molecular weight is 207 g/mol. The minimum atomic E-state index is 0.318. The molecule has 15 heavy (non-hydrogen) atoms. The second-order valence-electron chi connectivity index (χ2n) is 3.82. The van der Waals surface area contributed by atoms with Crippen LogP contribution in [0.25, 0.3) is 0 Å². The summed E-state index contributed by atoms with van der Waals surface area (Å²) >= 11 is 0. The predicted molar refractivity (Wildman–Crippen MR) is 58.2 cm³/mol. The van der Waals surface area contributed by atoms with E-state index in [0.29, 0.717) is 6.10 Å². The number of nitrogens with zero attached hydrogens (tertiary/aromatic N) is 2. The van der Waals surface area contributed by atoms with Crippen LogP contribution in [-0.4, -0.2) is 22.4 Å². The van der Waals surface area contributed by atoms with Gasteiger partial charge in [-0.2, -0.15) is 5.10 Å². The van der Waals surface area contributed by atoms with Gasteiger partial charge in [-0.05, 0) is 25.0 Å². The Labute approximate surface area is 89.9 Å². The van der Waals surface area contributed by atoms with Gasteiger partial charge in [-0.3, -0.25) is 4.68 Å². The molecule has 4 nitrogen and oxygen atoms in total. The molecule has 0 spiro atoms. The zero-order chi connectivity index (χ0) is 10.5. The summed E-state index contributed by atoms with van der Waals surface area (Å²) in [6.45, 7) is 1.70. The maximum absolute atomic E-state index is 5.45. The number of hydrogen-bond donors (Lipinski definition) is 1. The van der Waals surface area contributed by atoms with Gasteiger partial charge in [0.2, 0.25) is 0 Å². The van der Waals surface area contributed by atoms with Gasteiger partial charge in [-0.1, -0.05) is 0 Å². The largest absolute Gasteiger partial charge is 0.497 e. The summed E-state index contributed by atoms with van der Waals surface area (Å²) < 4.78 is 7.27. The molecule has 0 saturated heterocycles. The van der Waals surface area contributed by atoms with Gasteiger partial charge in [-0.25, -0.2) is 0 Å². The van der Waals surface area contributed by atoms with Crippen molar-refractivity contribution >= 4 is 0 Å². The number of aryl methyl sites for hydroxylation is 1. The molecular formula is C11H17N3O. The molecule has 1 aliphatic rings. The van der Waals surface area contributed by atoms with Crippen molar-refractivity contribution in [1.82, 2.24) is 15.1 Å². The normalized spacial score (nSPS) is 20.2. The first kappa shape index (κ1) is 10.2. The monoisotopic (exact) mass is 207 g/mol. The molecule has 1 atom stereocenters. The summed E-state index contributed by atoms with van der Waals surface area (Å²) in [5.41, 5.74) is 1.07. The van der Waals surface area contributed by atoms with Crippen molar-refractivity contribution in [2.45, 2.75) is 25.5 Å². The average Bonchev–Trinajstić information content (AvgIpc) is 2.66. The first-order valence-corrected chi connectivity index (χ1v) is 5.34. The summed E-state index contributed by atoms with van der Waals surface area (Å²) in [5.74, 6) is 0. The summed E-state index contributed by atoms with van der Waals surface area (Å²) in [7, 11) is 1.93. The fraction of sp³-hybridized carbons (Fsp3) is 0.545. The topological polar surface area (TPSA) is 39.1 Å². The van der Waals surface area contributed by atoms with Crippen molar-refractivity contribution in [3.8, 4) is 0 Å². The molecule has 1 unspecified atom stereocenters. The fourth-order valence-corrected chi connectivity index (χ4v) is 1.65. The molecule has 1 aliphatic heterocycles. The van der Waals surface area contributed by atoms with Gasteiger partial charge in [-0.15, -0.1) is 0 Å². The lowest BCUT2D eigenvalue weighted by atomic mass is 10.1. The van der Waals surface area contributed by atoms with Gasteiger partial charge >= 0.3 is 0 Å². The van der Waals surface area contributed by atoms with Gasteiger partial charge < -0.3 is 10.1 Å². The molecule has 0 aromatic carbocycles. The van der Waals surface area contributed by atoms with Gasteiger partial charge in [0.05, 0.1) is 12.0 Å². The summed E-state index contributed by atoms with van der Waals surface area (Å²) in [4.78, 5) is 0. The molecule has 82 valence electrons. The number of hydrogen-bond acceptors (Lipinski definition) is 3. The quantitative estimate of drug-likeness (QED) is 0.806. The molecule has 1 N–H and O–H groups in total. The Bertz CT molecular complexity index is 332. The summed E-state index contributed by atoms with van der Waals surface area (Å²) in [5, 5.41) is 7.64. The third-order valence-corrected chi connectivity index (χ3v) is 2.47. The van der Waals surface area contributed by atoms with E-state index < -0.39 is 0 Å². The number of nitrogens with one attached hydrogen (secondary N) is 1. The summed E-state index contributed by atoms with van der Waals surface area (Å²) in [6.07, 6.45) is 8.36. The number of aromatic nitrogens is 2. The minimum absolute atomic E-state index is 0.318. The Kier molecular flexibility index (Phi) is 3.40. The molecule has 1 aromatic rings. The van der Waals surface area contributed by atoms with Crippen LogP contribution in [0.4, 0.5) is 0 Å². The van der Waals surface area contributed by atoms with E-state index in [1.807, 2.05) is 24.0 Å². The molecule has 4 heteroatoms. The van der Waals surface area contributed by atoms with Crippen molar-refractivity contribution in [1.29, 1.82) is 0 Å². The lowest BCUT2D eigenvalue weighted by Gasteiger charge is -2.19. The zero-order valence-corrected chi connectivity index (χ0v) is 9.02. The van der Waals surface area contributed by atoms with Crippen LogP contribution in [-0.2, 0) is 18.3 Å². The molecule has 0 fully saturated rings. The Morgan fingerprint density at radius 1 is 1.67 bits per heavy atom. The van der Waals surface area contributed by atoms with Crippen molar-refractivity contribution in [3.05, 3.63) is 30.3 Å². The molecule has 1 aromatic heterocycles. The Morgan fingerprint density at radius 2 is 2.60 bits per heavy atom. The van der Waals surface area contributed by atoms with Gasteiger partial charge in [0.1, 0.15) is 6.10 Å². The van der Waals surface area contributed by atoms with Crippen LogP contribution in [0.15, 0.2) is 24.6 Å². The number of allylic oxidation sites excluding steroid dienone is 1. The smallest absolute Gasteiger partial charge is 0.110 e. The van der Waals surface area contributed by atoms with Crippen LogP contribution in [0.1, 0.15) is 18.5 Å². The third-order valence-electron chi connectivity index (χ3n) is 2.47. The van der Waals surface area contributed by atoms with Gasteiger partial charge in [0, 0.05) is 26.3 Å². The fourth-order valence-electron chi connectivity index (χ4n) is 1.65. The second kappa shape index (κ2) is 4.98. The molecule has 0 saturated carbocycles. The van der Waals surface area contributed by atoms with Crippen LogP contribution in [0.3, 0.4) is 0 Å². The van der Waals surface area contributed by atoms with E-state index in [-0.39, 0.29) is 0 Å². The lowest BCUT2D eigenvalue weighted by Crippen LogP contribution is -2.28. The SMILES string of the molecule is Cn1ccc(CNCC2CCC=CO2)n1. The van der Waals surface area contributed by atoms with E-state index in [0.717, 1.165) is 31.6 Å². The second-order valence-corrected chi connectivity index (χ2v) is 3.82. The number of ether oxygens (including phenoxy) is 1. The highest BCUT2D eigenvalue weighted by Crippen LogP contribution is 2.09. The molecule has 2 heterocycles. The molecular weight excluding hydrogens is 190 g/mol. The minimum Gasteiger partial charge on any atom is -0.497 e. The van der Waals surface area contributed by atoms with Crippen molar-refractivity contribution in [2.75, 3.05) is 6.54 Å². The molecule has 0 amide bonds. The van der Waals surface area contributed by atoms with Crippen LogP contribution >= 0.6 is 0 Å². The maximum Gasteiger partial charge on any atom is 0.110 e. The van der Waals surface area contributed by atoms with Crippen molar-refractivity contribution in [3.63, 3.8) is 0 Å². The maximum atomic E-state index is 5.45. The Morgan fingerprint density at radius 3 is 3.27 bits per heavy atom.